The van der Waals surface area contributed by atoms with Crippen molar-refractivity contribution in [3.05, 3.63) is 0 Å². The van der Waals surface area contributed by atoms with E-state index >= 15 is 0 Å². The first kappa shape index (κ1) is 17.6. The van der Waals surface area contributed by atoms with Gasteiger partial charge < -0.3 is 24.8 Å². The Morgan fingerprint density at radius 3 is 2.61 bits per heavy atom. The molecular weight excluding hydrogens is 312 g/mol. The molecule has 0 aromatic carbocycles. The number of methoxy groups -OCH3 is 1. The van der Waals surface area contributed by atoms with Crippen LogP contribution in [0.15, 0.2) is 0 Å². The summed E-state index contributed by atoms with van der Waals surface area (Å²) in [7, 11) is 1.18. The van der Waals surface area contributed by atoms with E-state index in [2.05, 4.69) is 10.1 Å². The van der Waals surface area contributed by atoms with Crippen LogP contribution in [0.1, 0.15) is 13.3 Å². The number of amides is 3. The largest absolute Gasteiger partial charge is 0.469 e. The molecule has 130 valence electrons. The second kappa shape index (κ2) is 6.40. The lowest BCUT2D eigenvalue weighted by Gasteiger charge is -2.41. The number of ether oxygens (including phenoxy) is 2. The summed E-state index contributed by atoms with van der Waals surface area (Å²) >= 11 is 0. The Morgan fingerprint density at radius 1 is 1.43 bits per heavy atom. The highest BCUT2D eigenvalue weighted by Gasteiger charge is 2.52. The lowest BCUT2D eigenvalue weighted by molar-refractivity contribution is -0.152. The molecule has 5 atom stereocenters. The summed E-state index contributed by atoms with van der Waals surface area (Å²) in [6, 6.07) is -0.813. The molecule has 0 aromatic rings. The van der Waals surface area contributed by atoms with Crippen LogP contribution in [0.2, 0.25) is 0 Å². The van der Waals surface area contributed by atoms with E-state index in [1.54, 1.807) is 0 Å². The van der Waals surface area contributed by atoms with Gasteiger partial charge in [0.25, 0.3) is 0 Å². The fourth-order valence-corrected chi connectivity index (χ4v) is 2.71. The van der Waals surface area contributed by atoms with Crippen molar-refractivity contribution in [2.24, 2.45) is 5.41 Å². The fraction of sp³-hybridized carbons (Fsp3) is 0.769. The number of imide groups is 1. The van der Waals surface area contributed by atoms with Crippen molar-refractivity contribution in [1.82, 2.24) is 10.2 Å². The number of esters is 1. The first-order valence-electron chi connectivity index (χ1n) is 7.05. The van der Waals surface area contributed by atoms with Crippen LogP contribution in [0.4, 0.5) is 4.79 Å². The van der Waals surface area contributed by atoms with Crippen molar-refractivity contribution in [1.29, 1.82) is 0 Å². The normalized spacial score (nSPS) is 37.7. The molecule has 10 nitrogen and oxygen atoms in total. The SMILES string of the molecule is COC(=O)CC1(C)CN([C@@H]2O[C@H](CO)[C@@H](O)[C@H]2O)C(=O)NC1=O. The van der Waals surface area contributed by atoms with Crippen LogP contribution in [-0.4, -0.2) is 82.9 Å². The van der Waals surface area contributed by atoms with Crippen molar-refractivity contribution in [3.63, 3.8) is 0 Å². The van der Waals surface area contributed by atoms with E-state index in [0.29, 0.717) is 0 Å². The number of hydrogen-bond donors (Lipinski definition) is 4. The molecule has 1 unspecified atom stereocenters. The summed E-state index contributed by atoms with van der Waals surface area (Å²) in [6.45, 7) is 0.724. The molecule has 0 bridgehead atoms. The van der Waals surface area contributed by atoms with Gasteiger partial charge in [0.1, 0.15) is 18.3 Å². The highest BCUT2D eigenvalue weighted by atomic mass is 16.6. The number of carbonyl (C=O) groups excluding carboxylic acids is 3. The Balaban J connectivity index is 2.20. The average Bonchev–Trinajstić information content (AvgIpc) is 2.79. The van der Waals surface area contributed by atoms with Crippen LogP contribution in [0, 0.1) is 5.41 Å². The van der Waals surface area contributed by atoms with E-state index in [0.717, 1.165) is 4.90 Å². The van der Waals surface area contributed by atoms with Gasteiger partial charge in [0.05, 0.1) is 25.6 Å². The Hall–Kier alpha value is -1.75. The summed E-state index contributed by atoms with van der Waals surface area (Å²) in [6.07, 6.45) is -5.39. The molecule has 23 heavy (non-hydrogen) atoms. The Morgan fingerprint density at radius 2 is 2.09 bits per heavy atom. The van der Waals surface area contributed by atoms with Gasteiger partial charge in [-0.3, -0.25) is 19.8 Å². The van der Waals surface area contributed by atoms with Gasteiger partial charge in [0.2, 0.25) is 5.91 Å². The molecule has 0 radical (unpaired) electrons. The zero-order valence-corrected chi connectivity index (χ0v) is 12.8. The van der Waals surface area contributed by atoms with Gasteiger partial charge in [-0.05, 0) is 6.92 Å². The van der Waals surface area contributed by atoms with Gasteiger partial charge in [-0.2, -0.15) is 0 Å². The van der Waals surface area contributed by atoms with Crippen molar-refractivity contribution >= 4 is 17.9 Å². The number of nitrogens with one attached hydrogen (secondary N) is 1. The molecule has 0 spiro atoms. The average molecular weight is 332 g/mol. The monoisotopic (exact) mass is 332 g/mol. The summed E-state index contributed by atoms with van der Waals surface area (Å²) in [5.74, 6) is -1.27. The standard InChI is InChI=1S/C13H20N2O8/c1-13(3-7(17)22-2)5-15(12(21)14-11(13)20)10-9(19)8(18)6(4-16)23-10/h6,8-10,16,18-19H,3-5H2,1-2H3,(H,14,20,21)/t6-,8-,9-,10-,13?/m1/s1. The Labute approximate surface area is 132 Å². The summed E-state index contributed by atoms with van der Waals surface area (Å²) < 4.78 is 9.84. The first-order chi connectivity index (χ1) is 10.7. The topological polar surface area (TPSA) is 146 Å². The second-order valence-electron chi connectivity index (χ2n) is 5.93. The van der Waals surface area contributed by atoms with Crippen molar-refractivity contribution < 1.29 is 39.2 Å². The molecule has 2 aliphatic rings. The van der Waals surface area contributed by atoms with Crippen LogP contribution in [0.3, 0.4) is 0 Å². The Kier molecular flexibility index (Phi) is 4.90. The molecule has 2 heterocycles. The van der Waals surface area contributed by atoms with Crippen LogP contribution in [0.5, 0.6) is 0 Å². The number of nitrogens with zero attached hydrogens (tertiary/aromatic N) is 1. The van der Waals surface area contributed by atoms with E-state index in [1.807, 2.05) is 0 Å². The summed E-state index contributed by atoms with van der Waals surface area (Å²) in [5, 5.41) is 31.0. The molecule has 0 saturated carbocycles. The van der Waals surface area contributed by atoms with E-state index in [1.165, 1.54) is 14.0 Å². The van der Waals surface area contributed by atoms with Gasteiger partial charge in [-0.25, -0.2) is 4.79 Å². The van der Waals surface area contributed by atoms with Gasteiger partial charge in [0, 0.05) is 6.54 Å². The third-order valence-electron chi connectivity index (χ3n) is 4.14. The predicted molar refractivity (Wildman–Crippen MR) is 72.7 cm³/mol. The van der Waals surface area contributed by atoms with E-state index in [9.17, 15) is 24.6 Å². The lowest BCUT2D eigenvalue weighted by atomic mass is 9.83. The molecule has 2 aliphatic heterocycles. The Bertz CT molecular complexity index is 512. The molecule has 2 saturated heterocycles. The smallest absolute Gasteiger partial charge is 0.326 e. The van der Waals surface area contributed by atoms with Crippen LogP contribution in [0.25, 0.3) is 0 Å². The number of aliphatic hydroxyl groups excluding tert-OH is 3. The lowest BCUT2D eigenvalue weighted by Crippen LogP contribution is -2.64. The number of carbonyl (C=O) groups is 3. The van der Waals surface area contributed by atoms with Crippen molar-refractivity contribution in [2.45, 2.75) is 37.9 Å². The first-order valence-corrected chi connectivity index (χ1v) is 7.05. The van der Waals surface area contributed by atoms with E-state index in [-0.39, 0.29) is 13.0 Å². The quantitative estimate of drug-likeness (QED) is 0.415. The zero-order valence-electron chi connectivity index (χ0n) is 12.8. The minimum absolute atomic E-state index is 0.209. The van der Waals surface area contributed by atoms with E-state index in [4.69, 9.17) is 9.84 Å². The molecule has 0 aromatic heterocycles. The second-order valence-corrected chi connectivity index (χ2v) is 5.93. The van der Waals surface area contributed by atoms with Crippen LogP contribution >= 0.6 is 0 Å². The number of aliphatic hydroxyl groups is 3. The highest BCUT2D eigenvalue weighted by Crippen LogP contribution is 2.32. The minimum atomic E-state index is -1.45. The predicted octanol–water partition coefficient (Wildman–Crippen LogP) is -2.45. The maximum Gasteiger partial charge on any atom is 0.326 e. The highest BCUT2D eigenvalue weighted by molar-refractivity contribution is 6.01. The van der Waals surface area contributed by atoms with E-state index < -0.39 is 54.5 Å². The zero-order chi connectivity index (χ0) is 17.4. The number of rotatable bonds is 4. The summed E-state index contributed by atoms with van der Waals surface area (Å²) in [5.41, 5.74) is -1.27. The number of urea groups is 1. The fourth-order valence-electron chi connectivity index (χ4n) is 2.71. The summed E-state index contributed by atoms with van der Waals surface area (Å²) in [4.78, 5) is 36.6. The third kappa shape index (κ3) is 3.15. The third-order valence-corrected chi connectivity index (χ3v) is 4.14. The maximum absolute atomic E-state index is 12.0. The van der Waals surface area contributed by atoms with Gasteiger partial charge in [-0.15, -0.1) is 0 Å². The van der Waals surface area contributed by atoms with Crippen molar-refractivity contribution in [3.8, 4) is 0 Å². The molecule has 3 amide bonds. The molecule has 10 heteroatoms. The molecule has 2 rings (SSSR count). The van der Waals surface area contributed by atoms with Crippen LogP contribution < -0.4 is 5.32 Å². The van der Waals surface area contributed by atoms with Gasteiger partial charge in [-0.1, -0.05) is 0 Å². The van der Waals surface area contributed by atoms with Crippen LogP contribution in [-0.2, 0) is 19.1 Å². The van der Waals surface area contributed by atoms with Crippen molar-refractivity contribution in [2.75, 3.05) is 20.3 Å². The molecular formula is C13H20N2O8. The number of hydrogen-bond acceptors (Lipinski definition) is 8. The maximum atomic E-state index is 12.0. The van der Waals surface area contributed by atoms with Gasteiger partial charge in [0.15, 0.2) is 6.23 Å². The minimum Gasteiger partial charge on any atom is -0.469 e. The molecule has 0 aliphatic carbocycles. The molecule has 4 N–H and O–H groups in total. The molecule has 2 fully saturated rings. The van der Waals surface area contributed by atoms with Gasteiger partial charge >= 0.3 is 12.0 Å².